The summed E-state index contributed by atoms with van der Waals surface area (Å²) in [5.41, 5.74) is -2.17. The van der Waals surface area contributed by atoms with Crippen molar-refractivity contribution in [2.24, 2.45) is 17.3 Å². The fourth-order valence-electron chi connectivity index (χ4n) is 4.78. The fourth-order valence-corrected chi connectivity index (χ4v) is 5.94. The van der Waals surface area contributed by atoms with Crippen molar-refractivity contribution in [2.45, 2.75) is 83.7 Å². The van der Waals surface area contributed by atoms with E-state index in [4.69, 9.17) is 4.43 Å². The fraction of sp³-hybridized carbons (Fsp3) is 0.850. The molecule has 0 spiro atoms. The molecular formula is C20H36O4Si. The Bertz CT molecular complexity index is 508. The number of ketones is 1. The van der Waals surface area contributed by atoms with Crippen LogP contribution in [0.5, 0.6) is 0 Å². The van der Waals surface area contributed by atoms with E-state index in [2.05, 4.69) is 31.8 Å². The topological polar surface area (TPSA) is 66.8 Å². The van der Waals surface area contributed by atoms with E-state index >= 15 is 0 Å². The summed E-state index contributed by atoms with van der Waals surface area (Å²) in [6.45, 7) is 9.96. The van der Waals surface area contributed by atoms with E-state index in [1.54, 1.807) is 6.92 Å². The first-order chi connectivity index (χ1) is 11.6. The van der Waals surface area contributed by atoms with Gasteiger partial charge in [0, 0.05) is 18.3 Å². The van der Waals surface area contributed by atoms with Gasteiger partial charge in [0.05, 0.1) is 23.7 Å². The highest BCUT2D eigenvalue weighted by Gasteiger charge is 2.65. The zero-order valence-electron chi connectivity index (χ0n) is 16.5. The summed E-state index contributed by atoms with van der Waals surface area (Å²) < 4.78 is 6.58. The minimum atomic E-state index is -1.93. The van der Waals surface area contributed by atoms with Crippen LogP contribution in [0.3, 0.4) is 0 Å². The van der Waals surface area contributed by atoms with Crippen molar-refractivity contribution in [3.8, 4) is 0 Å². The lowest BCUT2D eigenvalue weighted by molar-refractivity contribution is -0.159. The van der Waals surface area contributed by atoms with E-state index < -0.39 is 25.3 Å². The maximum Gasteiger partial charge on any atom is 0.184 e. The Balaban J connectivity index is 2.49. The monoisotopic (exact) mass is 368 g/mol. The lowest BCUT2D eigenvalue weighted by Crippen LogP contribution is -2.59. The summed E-state index contributed by atoms with van der Waals surface area (Å²) in [5, 5.41) is 21.9. The number of allylic oxidation sites excluding steroid dienone is 1. The van der Waals surface area contributed by atoms with E-state index in [9.17, 15) is 15.0 Å². The van der Waals surface area contributed by atoms with Crippen molar-refractivity contribution in [3.05, 3.63) is 12.2 Å². The predicted molar refractivity (Wildman–Crippen MR) is 103 cm³/mol. The number of hydrogen-bond donors (Lipinski definition) is 2. The maximum absolute atomic E-state index is 12.8. The first-order valence-electron chi connectivity index (χ1n) is 9.79. The molecule has 0 amide bonds. The van der Waals surface area contributed by atoms with Crippen LogP contribution in [0.25, 0.3) is 0 Å². The van der Waals surface area contributed by atoms with Crippen molar-refractivity contribution in [1.82, 2.24) is 0 Å². The third-order valence-electron chi connectivity index (χ3n) is 6.13. The van der Waals surface area contributed by atoms with Crippen LogP contribution in [0, 0.1) is 17.3 Å². The summed E-state index contributed by atoms with van der Waals surface area (Å²) in [4.78, 5) is 12.8. The van der Waals surface area contributed by atoms with Gasteiger partial charge in [0.15, 0.2) is 8.32 Å². The van der Waals surface area contributed by atoms with Crippen LogP contribution in [0.2, 0.25) is 19.6 Å². The molecule has 2 aliphatic rings. The largest absolute Gasteiger partial charge is 0.413 e. The van der Waals surface area contributed by atoms with Crippen LogP contribution in [-0.2, 0) is 9.22 Å². The Morgan fingerprint density at radius 1 is 1.40 bits per heavy atom. The van der Waals surface area contributed by atoms with Crippen molar-refractivity contribution >= 4 is 14.1 Å². The van der Waals surface area contributed by atoms with Crippen LogP contribution in [-0.4, -0.2) is 42.6 Å². The minimum absolute atomic E-state index is 0.0739. The predicted octanol–water partition coefficient (Wildman–Crippen LogP) is 3.68. The molecule has 25 heavy (non-hydrogen) atoms. The average molecular weight is 369 g/mol. The molecule has 1 fully saturated rings. The first kappa shape index (κ1) is 20.8. The molecule has 0 radical (unpaired) electrons. The number of Topliss-reactive ketones (excluding diaryl/α,β-unsaturated/α-hetero) is 1. The first-order valence-corrected chi connectivity index (χ1v) is 13.2. The van der Waals surface area contributed by atoms with Gasteiger partial charge in [-0.15, -0.1) is 0 Å². The van der Waals surface area contributed by atoms with Crippen LogP contribution >= 0.6 is 0 Å². The summed E-state index contributed by atoms with van der Waals surface area (Å²) in [5.74, 6) is -0.193. The van der Waals surface area contributed by atoms with Crippen molar-refractivity contribution in [1.29, 1.82) is 0 Å². The van der Waals surface area contributed by atoms with Crippen molar-refractivity contribution in [3.63, 3.8) is 0 Å². The van der Waals surface area contributed by atoms with E-state index in [1.807, 2.05) is 6.92 Å². The van der Waals surface area contributed by atoms with E-state index in [1.165, 1.54) is 0 Å². The molecule has 4 nitrogen and oxygen atoms in total. The SMILES string of the molecule is CCC[C@H]1C(=O)C[C@](CO)([C@H](O[Si](C)(C)C)[C@@H]2C=CCCC2)[C@@]1(C)O. The zero-order chi connectivity index (χ0) is 18.9. The lowest BCUT2D eigenvalue weighted by atomic mass is 9.64. The van der Waals surface area contributed by atoms with E-state index in [-0.39, 0.29) is 30.8 Å². The third-order valence-corrected chi connectivity index (χ3v) is 7.09. The molecule has 0 saturated heterocycles. The summed E-state index contributed by atoms with van der Waals surface area (Å²) in [6, 6.07) is 0. The Kier molecular flexibility index (Phi) is 6.35. The number of carbonyl (C=O) groups is 1. The van der Waals surface area contributed by atoms with Gasteiger partial charge in [-0.2, -0.15) is 0 Å². The highest BCUT2D eigenvalue weighted by molar-refractivity contribution is 6.69. The second-order valence-corrected chi connectivity index (χ2v) is 13.6. The Hall–Kier alpha value is -0.493. The van der Waals surface area contributed by atoms with Gasteiger partial charge in [-0.1, -0.05) is 25.5 Å². The molecule has 0 aromatic heterocycles. The Morgan fingerprint density at radius 2 is 2.08 bits per heavy atom. The number of rotatable bonds is 7. The molecule has 5 atom stereocenters. The molecule has 0 bridgehead atoms. The van der Waals surface area contributed by atoms with Gasteiger partial charge in [-0.25, -0.2) is 0 Å². The van der Waals surface area contributed by atoms with Gasteiger partial charge in [0.1, 0.15) is 5.78 Å². The van der Waals surface area contributed by atoms with Gasteiger partial charge in [-0.05, 0) is 52.2 Å². The van der Waals surface area contributed by atoms with E-state index in [0.29, 0.717) is 6.42 Å². The molecule has 0 aliphatic heterocycles. The quantitative estimate of drug-likeness (QED) is 0.531. The molecule has 0 heterocycles. The molecular weight excluding hydrogens is 332 g/mol. The minimum Gasteiger partial charge on any atom is -0.413 e. The smallest absolute Gasteiger partial charge is 0.184 e. The highest BCUT2D eigenvalue weighted by atomic mass is 28.4. The van der Waals surface area contributed by atoms with Crippen LogP contribution in [0.15, 0.2) is 12.2 Å². The number of hydrogen-bond acceptors (Lipinski definition) is 4. The van der Waals surface area contributed by atoms with Crippen LogP contribution in [0.4, 0.5) is 0 Å². The molecule has 0 unspecified atom stereocenters. The van der Waals surface area contributed by atoms with Crippen molar-refractivity contribution in [2.75, 3.05) is 6.61 Å². The van der Waals surface area contributed by atoms with Gasteiger partial charge >= 0.3 is 0 Å². The Morgan fingerprint density at radius 3 is 2.56 bits per heavy atom. The number of aliphatic hydroxyl groups excluding tert-OH is 1. The molecule has 1 saturated carbocycles. The molecule has 2 aliphatic carbocycles. The van der Waals surface area contributed by atoms with Crippen molar-refractivity contribution < 1.29 is 19.4 Å². The highest BCUT2D eigenvalue weighted by Crippen LogP contribution is 2.55. The molecule has 2 rings (SSSR count). The molecule has 5 heteroatoms. The zero-order valence-corrected chi connectivity index (χ0v) is 17.5. The second kappa shape index (κ2) is 7.63. The standard InChI is InChI=1S/C20H36O4Si/c1-6-10-16-17(22)13-20(14-21,19(16,2)23)18(24-25(3,4)5)15-11-8-7-9-12-15/h8,11,15-16,18,21,23H,6-7,9-10,12-14H2,1-5H3/t15-,16+,18-,19+,20+/m1/s1. The van der Waals surface area contributed by atoms with Gasteiger partial charge in [0.25, 0.3) is 0 Å². The van der Waals surface area contributed by atoms with Gasteiger partial charge in [0.2, 0.25) is 0 Å². The maximum atomic E-state index is 12.8. The second-order valence-electron chi connectivity index (χ2n) is 9.12. The number of carbonyl (C=O) groups excluding carboxylic acids is 1. The summed E-state index contributed by atoms with van der Waals surface area (Å²) >= 11 is 0. The normalized spacial score (nSPS) is 37.5. The molecule has 0 aromatic carbocycles. The molecule has 2 N–H and O–H groups in total. The molecule has 0 aromatic rings. The average Bonchev–Trinajstić information content (AvgIpc) is 2.73. The van der Waals surface area contributed by atoms with Gasteiger partial charge < -0.3 is 14.6 Å². The summed E-state index contributed by atoms with van der Waals surface area (Å²) in [6.07, 6.45) is 8.88. The van der Waals surface area contributed by atoms with Crippen LogP contribution < -0.4 is 0 Å². The van der Waals surface area contributed by atoms with Crippen LogP contribution in [0.1, 0.15) is 52.4 Å². The lowest BCUT2D eigenvalue weighted by Gasteiger charge is -2.50. The Labute approximate surface area is 153 Å². The number of aliphatic hydroxyl groups is 2. The van der Waals surface area contributed by atoms with Gasteiger partial charge in [-0.3, -0.25) is 4.79 Å². The van der Waals surface area contributed by atoms with E-state index in [0.717, 1.165) is 25.7 Å². The molecule has 144 valence electrons. The summed E-state index contributed by atoms with van der Waals surface area (Å²) in [7, 11) is -1.93. The third kappa shape index (κ3) is 3.94.